The summed E-state index contributed by atoms with van der Waals surface area (Å²) in [6, 6.07) is 5.68. The monoisotopic (exact) mass is 306 g/mol. The highest BCUT2D eigenvalue weighted by Gasteiger charge is 2.10. The molecule has 1 aromatic carbocycles. The van der Waals surface area contributed by atoms with E-state index in [0.717, 1.165) is 10.0 Å². The fraction of sp³-hybridized carbons (Fsp3) is 0.0833. The first-order valence-electron chi connectivity index (χ1n) is 5.21. The molecule has 0 aliphatic carbocycles. The van der Waals surface area contributed by atoms with Crippen LogP contribution in [-0.4, -0.2) is 15.9 Å². The molecule has 0 unspecified atom stereocenters. The average Bonchev–Trinajstić information content (AvgIpc) is 2.34. The molecule has 3 N–H and O–H groups in total. The molecule has 0 aliphatic heterocycles. The molecule has 2 aromatic rings. The van der Waals surface area contributed by atoms with Crippen molar-refractivity contribution in [1.82, 2.24) is 9.97 Å². The maximum atomic E-state index is 11.9. The molecule has 92 valence electrons. The molecule has 18 heavy (non-hydrogen) atoms. The summed E-state index contributed by atoms with van der Waals surface area (Å²) in [5.41, 5.74) is 7.40. The minimum absolute atomic E-state index is 0.184. The summed E-state index contributed by atoms with van der Waals surface area (Å²) < 4.78 is 0.804. The highest BCUT2D eigenvalue weighted by atomic mass is 79.9. The predicted octanol–water partition coefficient (Wildman–Crippen LogP) is 2.38. The number of nitrogens with zero attached hydrogens (tertiary/aromatic N) is 2. The van der Waals surface area contributed by atoms with E-state index in [2.05, 4.69) is 31.2 Å². The first kappa shape index (κ1) is 12.5. The maximum absolute atomic E-state index is 11.9. The number of carbonyl (C=O) groups excluding carboxylic acids is 1. The van der Waals surface area contributed by atoms with Gasteiger partial charge in [0, 0.05) is 4.47 Å². The molecule has 1 amide bonds. The zero-order valence-electron chi connectivity index (χ0n) is 9.64. The van der Waals surface area contributed by atoms with Gasteiger partial charge in [-0.05, 0) is 40.5 Å². The van der Waals surface area contributed by atoms with Crippen molar-refractivity contribution in [2.24, 2.45) is 0 Å². The lowest BCUT2D eigenvalue weighted by Gasteiger charge is -2.07. The Bertz CT molecular complexity index is 600. The van der Waals surface area contributed by atoms with Gasteiger partial charge in [0.15, 0.2) is 0 Å². The zero-order valence-corrected chi connectivity index (χ0v) is 11.2. The van der Waals surface area contributed by atoms with E-state index in [-0.39, 0.29) is 17.4 Å². The molecule has 0 spiro atoms. The lowest BCUT2D eigenvalue weighted by Crippen LogP contribution is -2.15. The SMILES string of the molecule is Cc1ccc(Br)c(NC(=O)c2cncc(N)n2)c1. The average molecular weight is 307 g/mol. The molecule has 0 atom stereocenters. The number of anilines is 2. The molecule has 0 fully saturated rings. The van der Waals surface area contributed by atoms with Gasteiger partial charge in [0.05, 0.1) is 18.1 Å². The summed E-state index contributed by atoms with van der Waals surface area (Å²) in [7, 11) is 0. The summed E-state index contributed by atoms with van der Waals surface area (Å²) in [5.74, 6) is -0.132. The molecule has 0 aliphatic rings. The van der Waals surface area contributed by atoms with E-state index in [0.29, 0.717) is 5.69 Å². The smallest absolute Gasteiger partial charge is 0.275 e. The number of carbonyl (C=O) groups is 1. The van der Waals surface area contributed by atoms with Crippen molar-refractivity contribution in [2.45, 2.75) is 6.92 Å². The second kappa shape index (κ2) is 5.14. The van der Waals surface area contributed by atoms with E-state index in [1.165, 1.54) is 12.4 Å². The van der Waals surface area contributed by atoms with Crippen LogP contribution in [0.4, 0.5) is 11.5 Å². The Morgan fingerprint density at radius 1 is 1.39 bits per heavy atom. The van der Waals surface area contributed by atoms with E-state index in [9.17, 15) is 4.79 Å². The fourth-order valence-corrected chi connectivity index (χ4v) is 1.76. The molecule has 0 bridgehead atoms. The van der Waals surface area contributed by atoms with Crippen LogP contribution in [0.15, 0.2) is 35.1 Å². The van der Waals surface area contributed by atoms with Crippen LogP contribution in [0.25, 0.3) is 0 Å². The number of nitrogens with two attached hydrogens (primary N) is 1. The summed E-state index contributed by atoms with van der Waals surface area (Å²) in [6.45, 7) is 1.95. The Morgan fingerprint density at radius 3 is 2.89 bits per heavy atom. The predicted molar refractivity (Wildman–Crippen MR) is 73.3 cm³/mol. The highest BCUT2D eigenvalue weighted by molar-refractivity contribution is 9.10. The number of hydrogen-bond acceptors (Lipinski definition) is 4. The van der Waals surface area contributed by atoms with Gasteiger partial charge in [-0.2, -0.15) is 0 Å². The lowest BCUT2D eigenvalue weighted by molar-refractivity contribution is 0.102. The number of halogens is 1. The normalized spacial score (nSPS) is 10.1. The summed E-state index contributed by atoms with van der Waals surface area (Å²) in [5, 5.41) is 2.75. The van der Waals surface area contributed by atoms with Gasteiger partial charge in [-0.3, -0.25) is 9.78 Å². The van der Waals surface area contributed by atoms with Crippen LogP contribution in [0.5, 0.6) is 0 Å². The number of benzene rings is 1. The van der Waals surface area contributed by atoms with E-state index < -0.39 is 0 Å². The second-order valence-electron chi connectivity index (χ2n) is 3.77. The van der Waals surface area contributed by atoms with Crippen LogP contribution in [0.3, 0.4) is 0 Å². The molecule has 5 nitrogen and oxygen atoms in total. The van der Waals surface area contributed by atoms with Gasteiger partial charge in [0.1, 0.15) is 11.5 Å². The number of nitrogens with one attached hydrogen (secondary N) is 1. The van der Waals surface area contributed by atoms with Gasteiger partial charge in [0.2, 0.25) is 0 Å². The number of hydrogen-bond donors (Lipinski definition) is 2. The Hall–Kier alpha value is -1.95. The largest absolute Gasteiger partial charge is 0.382 e. The molecular formula is C12H11BrN4O. The van der Waals surface area contributed by atoms with E-state index >= 15 is 0 Å². The summed E-state index contributed by atoms with van der Waals surface area (Å²) in [6.07, 6.45) is 2.76. The Morgan fingerprint density at radius 2 is 2.17 bits per heavy atom. The first-order chi connectivity index (χ1) is 8.56. The summed E-state index contributed by atoms with van der Waals surface area (Å²) >= 11 is 3.37. The fourth-order valence-electron chi connectivity index (χ4n) is 1.41. The third kappa shape index (κ3) is 2.84. The van der Waals surface area contributed by atoms with Gasteiger partial charge < -0.3 is 11.1 Å². The summed E-state index contributed by atoms with van der Waals surface area (Å²) in [4.78, 5) is 19.7. The Labute approximate surface area is 113 Å². The molecular weight excluding hydrogens is 296 g/mol. The molecule has 0 saturated heterocycles. The standard InChI is InChI=1S/C12H11BrN4O/c1-7-2-3-8(13)9(4-7)17-12(18)10-5-15-6-11(14)16-10/h2-6H,1H3,(H2,14,16)(H,17,18). The highest BCUT2D eigenvalue weighted by Crippen LogP contribution is 2.23. The van der Waals surface area contributed by atoms with Gasteiger partial charge in [-0.1, -0.05) is 6.07 Å². The number of rotatable bonds is 2. The topological polar surface area (TPSA) is 80.9 Å². The maximum Gasteiger partial charge on any atom is 0.275 e. The van der Waals surface area contributed by atoms with Crippen LogP contribution < -0.4 is 11.1 Å². The van der Waals surface area contributed by atoms with Crippen LogP contribution in [0.1, 0.15) is 16.1 Å². The molecule has 0 radical (unpaired) electrons. The third-order valence-corrected chi connectivity index (χ3v) is 2.95. The number of nitrogen functional groups attached to an aromatic ring is 1. The van der Waals surface area contributed by atoms with Crippen molar-refractivity contribution in [3.05, 3.63) is 46.3 Å². The van der Waals surface area contributed by atoms with Crippen molar-refractivity contribution < 1.29 is 4.79 Å². The van der Waals surface area contributed by atoms with Gasteiger partial charge >= 0.3 is 0 Å². The van der Waals surface area contributed by atoms with Gasteiger partial charge in [-0.15, -0.1) is 0 Å². The molecule has 1 heterocycles. The van der Waals surface area contributed by atoms with Crippen molar-refractivity contribution in [3.8, 4) is 0 Å². The molecule has 0 saturated carbocycles. The minimum atomic E-state index is -0.346. The van der Waals surface area contributed by atoms with Crippen molar-refractivity contribution in [3.63, 3.8) is 0 Å². The van der Waals surface area contributed by atoms with E-state index in [1.54, 1.807) is 0 Å². The Kier molecular flexibility index (Phi) is 3.57. The van der Waals surface area contributed by atoms with Crippen LogP contribution in [0.2, 0.25) is 0 Å². The molecule has 1 aromatic heterocycles. The Balaban J connectivity index is 2.24. The number of aromatic nitrogens is 2. The van der Waals surface area contributed by atoms with Crippen molar-refractivity contribution in [1.29, 1.82) is 0 Å². The quantitative estimate of drug-likeness (QED) is 0.892. The second-order valence-corrected chi connectivity index (χ2v) is 4.62. The van der Waals surface area contributed by atoms with E-state index in [1.807, 2.05) is 25.1 Å². The van der Waals surface area contributed by atoms with Crippen LogP contribution >= 0.6 is 15.9 Å². The number of aryl methyl sites for hydroxylation is 1. The molecule has 6 heteroatoms. The van der Waals surface area contributed by atoms with Gasteiger partial charge in [-0.25, -0.2) is 4.98 Å². The van der Waals surface area contributed by atoms with Gasteiger partial charge in [0.25, 0.3) is 5.91 Å². The van der Waals surface area contributed by atoms with E-state index in [4.69, 9.17) is 5.73 Å². The molecule has 2 rings (SSSR count). The zero-order chi connectivity index (χ0) is 13.1. The first-order valence-corrected chi connectivity index (χ1v) is 6.00. The van der Waals surface area contributed by atoms with Crippen molar-refractivity contribution >= 4 is 33.3 Å². The minimum Gasteiger partial charge on any atom is -0.382 e. The van der Waals surface area contributed by atoms with Crippen LogP contribution in [0, 0.1) is 6.92 Å². The van der Waals surface area contributed by atoms with Crippen LogP contribution in [-0.2, 0) is 0 Å². The number of amides is 1. The van der Waals surface area contributed by atoms with Crippen molar-refractivity contribution in [2.75, 3.05) is 11.1 Å². The third-order valence-electron chi connectivity index (χ3n) is 2.26. The lowest BCUT2D eigenvalue weighted by atomic mass is 10.2.